The number of benzene rings is 2. The van der Waals surface area contributed by atoms with Crippen LogP contribution in [0.1, 0.15) is 5.56 Å². The average molecular weight is 292 g/mol. The molecule has 2 aromatic carbocycles. The van der Waals surface area contributed by atoms with Crippen molar-refractivity contribution in [1.29, 1.82) is 0 Å². The Morgan fingerprint density at radius 2 is 2.05 bits per heavy atom. The highest BCUT2D eigenvalue weighted by atomic mass is 19.1. The molecular weight excluding hydrogens is 279 g/mol. The van der Waals surface area contributed by atoms with Crippen molar-refractivity contribution >= 4 is 28.1 Å². The second-order valence-corrected chi connectivity index (χ2v) is 4.67. The topological polar surface area (TPSA) is 49.8 Å². The zero-order chi connectivity index (χ0) is 15.5. The Labute approximate surface area is 127 Å². The lowest BCUT2D eigenvalue weighted by atomic mass is 10.2. The molecule has 5 heteroatoms. The van der Waals surface area contributed by atoms with Crippen molar-refractivity contribution in [3.63, 3.8) is 0 Å². The maximum atomic E-state index is 13.8. The van der Waals surface area contributed by atoms with Gasteiger partial charge in [-0.2, -0.15) is 0 Å². The monoisotopic (exact) mass is 292 g/mol. The molecule has 0 unspecified atom stereocenters. The molecule has 0 aliphatic carbocycles. The van der Waals surface area contributed by atoms with Gasteiger partial charge in [0.1, 0.15) is 18.0 Å². The van der Waals surface area contributed by atoms with Crippen molar-refractivity contribution in [1.82, 2.24) is 9.97 Å². The number of halogens is 1. The van der Waals surface area contributed by atoms with Gasteiger partial charge in [0.15, 0.2) is 0 Å². The Balaban J connectivity index is 2.08. The van der Waals surface area contributed by atoms with Crippen LogP contribution >= 0.6 is 0 Å². The summed E-state index contributed by atoms with van der Waals surface area (Å²) < 4.78 is 13.8. The smallest absolute Gasteiger partial charge is 0.148 e. The van der Waals surface area contributed by atoms with Crippen molar-refractivity contribution in [2.45, 2.75) is 0 Å². The van der Waals surface area contributed by atoms with E-state index >= 15 is 0 Å². The lowest BCUT2D eigenvalue weighted by Gasteiger charge is -2.10. The number of terminal acetylenes is 1. The van der Waals surface area contributed by atoms with Crippen molar-refractivity contribution < 1.29 is 4.39 Å². The van der Waals surface area contributed by atoms with Gasteiger partial charge in [-0.25, -0.2) is 14.4 Å². The zero-order valence-corrected chi connectivity index (χ0v) is 11.9. The molecule has 0 radical (unpaired) electrons. The first-order valence-corrected chi connectivity index (χ1v) is 6.67. The van der Waals surface area contributed by atoms with Crippen LogP contribution in [0.15, 0.2) is 42.7 Å². The molecule has 3 rings (SSSR count). The molecule has 0 amide bonds. The van der Waals surface area contributed by atoms with Crippen LogP contribution in [0.3, 0.4) is 0 Å². The van der Waals surface area contributed by atoms with Crippen LogP contribution in [-0.4, -0.2) is 17.0 Å². The summed E-state index contributed by atoms with van der Waals surface area (Å²) >= 11 is 0. The molecule has 108 valence electrons. The molecule has 0 fully saturated rings. The fraction of sp³-hybridized carbons (Fsp3) is 0.0588. The van der Waals surface area contributed by atoms with Gasteiger partial charge < -0.3 is 10.6 Å². The summed E-state index contributed by atoms with van der Waals surface area (Å²) in [5, 5.41) is 6.73. The van der Waals surface area contributed by atoms with Crippen molar-refractivity contribution in [3.05, 3.63) is 54.1 Å². The molecule has 2 N–H and O–H groups in total. The van der Waals surface area contributed by atoms with Gasteiger partial charge in [0.25, 0.3) is 0 Å². The number of rotatable bonds is 3. The van der Waals surface area contributed by atoms with E-state index in [9.17, 15) is 4.39 Å². The summed E-state index contributed by atoms with van der Waals surface area (Å²) in [7, 11) is 1.66. The van der Waals surface area contributed by atoms with E-state index in [-0.39, 0.29) is 5.82 Å². The largest absolute Gasteiger partial charge is 0.386 e. The summed E-state index contributed by atoms with van der Waals surface area (Å²) in [5.74, 6) is 2.82. The van der Waals surface area contributed by atoms with Crippen LogP contribution in [0.4, 0.5) is 21.6 Å². The zero-order valence-electron chi connectivity index (χ0n) is 11.9. The predicted octanol–water partition coefficient (Wildman–Crippen LogP) is 3.54. The fourth-order valence-corrected chi connectivity index (χ4v) is 2.19. The molecule has 1 heterocycles. The van der Waals surface area contributed by atoms with Crippen LogP contribution < -0.4 is 10.6 Å². The highest BCUT2D eigenvalue weighted by Crippen LogP contribution is 2.27. The third-order valence-electron chi connectivity index (χ3n) is 3.29. The number of anilines is 3. The molecule has 22 heavy (non-hydrogen) atoms. The minimum absolute atomic E-state index is 0.353. The molecule has 0 saturated heterocycles. The normalized spacial score (nSPS) is 10.2. The Morgan fingerprint density at radius 1 is 1.18 bits per heavy atom. The molecular formula is C17H13FN4. The minimum Gasteiger partial charge on any atom is -0.386 e. The quantitative estimate of drug-likeness (QED) is 0.725. The first-order valence-electron chi connectivity index (χ1n) is 6.67. The van der Waals surface area contributed by atoms with Crippen molar-refractivity contribution in [2.75, 3.05) is 17.7 Å². The number of aromatic nitrogens is 2. The molecule has 0 spiro atoms. The van der Waals surface area contributed by atoms with Crippen molar-refractivity contribution in [2.24, 2.45) is 0 Å². The van der Waals surface area contributed by atoms with Crippen LogP contribution in [0, 0.1) is 18.2 Å². The minimum atomic E-state index is -0.353. The van der Waals surface area contributed by atoms with E-state index in [2.05, 4.69) is 26.5 Å². The third-order valence-corrected chi connectivity index (χ3v) is 3.29. The number of nitrogens with one attached hydrogen (secondary N) is 2. The van der Waals surface area contributed by atoms with Crippen molar-refractivity contribution in [3.8, 4) is 12.3 Å². The molecule has 1 aromatic heterocycles. The first kappa shape index (κ1) is 13.8. The number of hydrogen-bond donors (Lipinski definition) is 2. The molecule has 0 aliphatic rings. The van der Waals surface area contributed by atoms with Gasteiger partial charge in [-0.1, -0.05) is 12.0 Å². The number of hydrogen-bond acceptors (Lipinski definition) is 4. The van der Waals surface area contributed by atoms with Crippen LogP contribution in [-0.2, 0) is 0 Å². The van der Waals surface area contributed by atoms with E-state index in [1.54, 1.807) is 13.1 Å². The first-order chi connectivity index (χ1) is 10.7. The Morgan fingerprint density at radius 3 is 2.82 bits per heavy atom. The summed E-state index contributed by atoms with van der Waals surface area (Å²) in [4.78, 5) is 8.34. The predicted molar refractivity (Wildman–Crippen MR) is 86.7 cm³/mol. The molecule has 0 aliphatic heterocycles. The van der Waals surface area contributed by atoms with E-state index in [0.29, 0.717) is 17.0 Å². The number of nitrogens with zero attached hydrogens (tertiary/aromatic N) is 2. The summed E-state index contributed by atoms with van der Waals surface area (Å²) in [6.07, 6.45) is 6.80. The standard InChI is InChI=1S/C17H13FN4/c1-3-11-5-4-6-12(7-11)22-17-13-8-16(19-2)14(18)9-15(13)20-10-21-17/h1,4-10,19H,2H3,(H,20,21,22). The van der Waals surface area contributed by atoms with Crippen LogP contribution in [0.2, 0.25) is 0 Å². The van der Waals surface area contributed by atoms with E-state index in [4.69, 9.17) is 6.42 Å². The third kappa shape index (κ3) is 2.54. The average Bonchev–Trinajstić information content (AvgIpc) is 2.54. The number of fused-ring (bicyclic) bond motifs is 1. The summed E-state index contributed by atoms with van der Waals surface area (Å²) in [6.45, 7) is 0. The Kier molecular flexibility index (Phi) is 3.58. The summed E-state index contributed by atoms with van der Waals surface area (Å²) in [6, 6.07) is 10.5. The highest BCUT2D eigenvalue weighted by molar-refractivity contribution is 5.93. The molecule has 4 nitrogen and oxygen atoms in total. The highest BCUT2D eigenvalue weighted by Gasteiger charge is 2.09. The Bertz CT molecular complexity index is 883. The van der Waals surface area contributed by atoms with Gasteiger partial charge >= 0.3 is 0 Å². The summed E-state index contributed by atoms with van der Waals surface area (Å²) in [5.41, 5.74) is 2.50. The van der Waals surface area contributed by atoms with E-state index < -0.39 is 0 Å². The lowest BCUT2D eigenvalue weighted by molar-refractivity contribution is 0.633. The van der Waals surface area contributed by atoms with Gasteiger partial charge in [0.05, 0.1) is 11.2 Å². The van der Waals surface area contributed by atoms with Gasteiger partial charge in [-0.15, -0.1) is 6.42 Å². The van der Waals surface area contributed by atoms with Crippen LogP contribution in [0.25, 0.3) is 10.9 Å². The van der Waals surface area contributed by atoms with Gasteiger partial charge in [-0.05, 0) is 24.3 Å². The second kappa shape index (κ2) is 5.70. The van der Waals surface area contributed by atoms with E-state index in [1.807, 2.05) is 24.3 Å². The molecule has 0 atom stereocenters. The second-order valence-electron chi connectivity index (χ2n) is 4.67. The molecule has 0 bridgehead atoms. The fourth-order valence-electron chi connectivity index (χ4n) is 2.19. The maximum absolute atomic E-state index is 13.8. The van der Waals surface area contributed by atoms with Gasteiger partial charge in [0.2, 0.25) is 0 Å². The SMILES string of the molecule is C#Cc1cccc(Nc2ncnc3cc(F)c(NC)cc23)c1. The Hall–Kier alpha value is -3.13. The lowest BCUT2D eigenvalue weighted by Crippen LogP contribution is -1.99. The molecule has 3 aromatic rings. The van der Waals surface area contributed by atoms with Gasteiger partial charge in [-0.3, -0.25) is 0 Å². The van der Waals surface area contributed by atoms with Crippen LogP contribution in [0.5, 0.6) is 0 Å². The molecule has 0 saturated carbocycles. The van der Waals surface area contributed by atoms with E-state index in [1.165, 1.54) is 12.4 Å². The van der Waals surface area contributed by atoms with Gasteiger partial charge in [0, 0.05) is 29.8 Å². The van der Waals surface area contributed by atoms with E-state index in [0.717, 1.165) is 16.6 Å². The maximum Gasteiger partial charge on any atom is 0.148 e.